The molecule has 0 atom stereocenters. The molecule has 0 saturated heterocycles. The molecule has 0 aliphatic carbocycles. The lowest BCUT2D eigenvalue weighted by atomic mass is 10.1. The first-order chi connectivity index (χ1) is 9.72. The number of carboxylic acids is 1. The molecule has 5 heteroatoms. The van der Waals surface area contributed by atoms with Gasteiger partial charge in [-0.15, -0.1) is 0 Å². The average Bonchev–Trinajstić information content (AvgIpc) is 2.48. The van der Waals surface area contributed by atoms with Gasteiger partial charge in [-0.3, -0.25) is 0 Å². The first-order valence-electron chi connectivity index (χ1n) is 6.13. The van der Waals surface area contributed by atoms with Crippen molar-refractivity contribution in [3.8, 4) is 17.0 Å². The minimum absolute atomic E-state index is 0.250. The summed E-state index contributed by atoms with van der Waals surface area (Å²) in [4.78, 5) is 15.0. The highest BCUT2D eigenvalue weighted by Crippen LogP contribution is 2.27. The van der Waals surface area contributed by atoms with Crippen LogP contribution in [0, 0.1) is 0 Å². The first kappa shape index (κ1) is 14.0. The Balaban J connectivity index is 2.25. The van der Waals surface area contributed by atoms with Gasteiger partial charge < -0.3 is 14.6 Å². The third-order valence-corrected chi connectivity index (χ3v) is 2.74. The Morgan fingerprint density at radius 3 is 2.60 bits per heavy atom. The number of benzene rings is 1. The molecule has 0 fully saturated rings. The molecule has 0 bridgehead atoms. The van der Waals surface area contributed by atoms with Crippen LogP contribution in [0.5, 0.6) is 5.88 Å². The zero-order valence-corrected chi connectivity index (χ0v) is 11.1. The van der Waals surface area contributed by atoms with Gasteiger partial charge in [0.15, 0.2) is 0 Å². The smallest absolute Gasteiger partial charge is 0.335 e. The maximum Gasteiger partial charge on any atom is 0.335 e. The lowest BCUT2D eigenvalue weighted by Gasteiger charge is -2.10. The molecule has 0 spiro atoms. The molecule has 1 heterocycles. The Kier molecular flexibility index (Phi) is 4.68. The van der Waals surface area contributed by atoms with Crippen LogP contribution < -0.4 is 4.74 Å². The summed E-state index contributed by atoms with van der Waals surface area (Å²) in [5, 5.41) is 8.89. The third kappa shape index (κ3) is 3.33. The summed E-state index contributed by atoms with van der Waals surface area (Å²) in [5.41, 5.74) is 1.93. The molecule has 0 amide bonds. The Hall–Kier alpha value is -2.40. The molecule has 0 unspecified atom stereocenters. The van der Waals surface area contributed by atoms with Crippen LogP contribution in [-0.4, -0.2) is 36.4 Å². The van der Waals surface area contributed by atoms with Gasteiger partial charge >= 0.3 is 5.97 Å². The SMILES string of the molecule is COCCOc1ncccc1-c1ccc(C(=O)O)cc1. The quantitative estimate of drug-likeness (QED) is 0.819. The van der Waals surface area contributed by atoms with Crippen LogP contribution in [0.4, 0.5) is 0 Å². The molecule has 20 heavy (non-hydrogen) atoms. The van der Waals surface area contributed by atoms with Crippen molar-refractivity contribution >= 4 is 5.97 Å². The number of hydrogen-bond donors (Lipinski definition) is 1. The van der Waals surface area contributed by atoms with E-state index in [-0.39, 0.29) is 5.56 Å². The number of carboxylic acid groups (broad SMARTS) is 1. The van der Waals surface area contributed by atoms with E-state index < -0.39 is 5.97 Å². The van der Waals surface area contributed by atoms with E-state index in [2.05, 4.69) is 4.98 Å². The number of rotatable bonds is 6. The van der Waals surface area contributed by atoms with Crippen molar-refractivity contribution in [2.75, 3.05) is 20.3 Å². The molecule has 5 nitrogen and oxygen atoms in total. The number of hydrogen-bond acceptors (Lipinski definition) is 4. The van der Waals surface area contributed by atoms with Gasteiger partial charge in [0, 0.05) is 18.9 Å². The molecular weight excluding hydrogens is 258 g/mol. The molecule has 1 N–H and O–H groups in total. The molecule has 0 saturated carbocycles. The number of aromatic nitrogens is 1. The van der Waals surface area contributed by atoms with Crippen molar-refractivity contribution in [1.29, 1.82) is 0 Å². The van der Waals surface area contributed by atoms with E-state index in [0.29, 0.717) is 19.1 Å². The second kappa shape index (κ2) is 6.68. The minimum atomic E-state index is -0.945. The highest BCUT2D eigenvalue weighted by molar-refractivity contribution is 5.88. The molecule has 0 radical (unpaired) electrons. The predicted molar refractivity (Wildman–Crippen MR) is 74.0 cm³/mol. The largest absolute Gasteiger partial charge is 0.478 e. The Morgan fingerprint density at radius 2 is 1.95 bits per heavy atom. The van der Waals surface area contributed by atoms with Gasteiger partial charge in [-0.2, -0.15) is 0 Å². The van der Waals surface area contributed by atoms with Gasteiger partial charge in [0.05, 0.1) is 12.2 Å². The number of aromatic carboxylic acids is 1. The zero-order chi connectivity index (χ0) is 14.4. The van der Waals surface area contributed by atoms with Crippen molar-refractivity contribution in [1.82, 2.24) is 4.98 Å². The maximum atomic E-state index is 10.8. The summed E-state index contributed by atoms with van der Waals surface area (Å²) >= 11 is 0. The van der Waals surface area contributed by atoms with Gasteiger partial charge in [0.2, 0.25) is 5.88 Å². The van der Waals surface area contributed by atoms with Crippen LogP contribution in [0.1, 0.15) is 10.4 Å². The molecule has 2 rings (SSSR count). The van der Waals surface area contributed by atoms with Crippen LogP contribution >= 0.6 is 0 Å². The second-order valence-electron chi connectivity index (χ2n) is 4.08. The molecule has 104 valence electrons. The van der Waals surface area contributed by atoms with Crippen molar-refractivity contribution in [3.05, 3.63) is 48.2 Å². The van der Waals surface area contributed by atoms with Gasteiger partial charge in [-0.1, -0.05) is 12.1 Å². The van der Waals surface area contributed by atoms with Gasteiger partial charge in [-0.05, 0) is 29.8 Å². The summed E-state index contributed by atoms with van der Waals surface area (Å²) in [6.07, 6.45) is 1.65. The normalized spacial score (nSPS) is 10.2. The maximum absolute atomic E-state index is 10.8. The van der Waals surface area contributed by atoms with E-state index in [9.17, 15) is 4.79 Å². The van der Waals surface area contributed by atoms with E-state index in [1.165, 1.54) is 0 Å². The molecule has 0 aliphatic rings. The topological polar surface area (TPSA) is 68.7 Å². The van der Waals surface area contributed by atoms with Gasteiger partial charge in [0.25, 0.3) is 0 Å². The van der Waals surface area contributed by atoms with Gasteiger partial charge in [-0.25, -0.2) is 9.78 Å². The number of pyridine rings is 1. The Bertz CT molecular complexity index is 581. The fourth-order valence-corrected chi connectivity index (χ4v) is 1.74. The molecule has 0 aliphatic heterocycles. The molecule has 1 aromatic carbocycles. The number of methoxy groups -OCH3 is 1. The summed E-state index contributed by atoms with van der Waals surface area (Å²) in [6, 6.07) is 10.3. The van der Waals surface area contributed by atoms with Crippen LogP contribution in [-0.2, 0) is 4.74 Å². The average molecular weight is 273 g/mol. The number of carbonyl (C=O) groups is 1. The number of nitrogens with zero attached hydrogens (tertiary/aromatic N) is 1. The van der Waals surface area contributed by atoms with E-state index in [0.717, 1.165) is 11.1 Å². The van der Waals surface area contributed by atoms with Crippen LogP contribution in [0.25, 0.3) is 11.1 Å². The highest BCUT2D eigenvalue weighted by Gasteiger charge is 2.08. The zero-order valence-electron chi connectivity index (χ0n) is 11.1. The number of ether oxygens (including phenoxy) is 2. The minimum Gasteiger partial charge on any atom is -0.478 e. The van der Waals surface area contributed by atoms with Crippen molar-refractivity contribution in [2.24, 2.45) is 0 Å². The fraction of sp³-hybridized carbons (Fsp3) is 0.200. The summed E-state index contributed by atoms with van der Waals surface area (Å²) in [6.45, 7) is 0.891. The van der Waals surface area contributed by atoms with E-state index in [1.54, 1.807) is 37.6 Å². The fourth-order valence-electron chi connectivity index (χ4n) is 1.74. The first-order valence-corrected chi connectivity index (χ1v) is 6.13. The van der Waals surface area contributed by atoms with Crippen molar-refractivity contribution < 1.29 is 19.4 Å². The van der Waals surface area contributed by atoms with Gasteiger partial charge in [0.1, 0.15) is 6.61 Å². The third-order valence-electron chi connectivity index (χ3n) is 2.74. The highest BCUT2D eigenvalue weighted by atomic mass is 16.5. The Labute approximate surface area is 116 Å². The molecule has 2 aromatic rings. The van der Waals surface area contributed by atoms with Crippen LogP contribution in [0.3, 0.4) is 0 Å². The summed E-state index contributed by atoms with van der Waals surface area (Å²) in [7, 11) is 1.60. The van der Waals surface area contributed by atoms with Crippen molar-refractivity contribution in [3.63, 3.8) is 0 Å². The van der Waals surface area contributed by atoms with Crippen LogP contribution in [0.15, 0.2) is 42.6 Å². The summed E-state index contributed by atoms with van der Waals surface area (Å²) in [5.74, 6) is -0.438. The monoisotopic (exact) mass is 273 g/mol. The molecule has 1 aromatic heterocycles. The van der Waals surface area contributed by atoms with E-state index in [1.807, 2.05) is 12.1 Å². The molecular formula is C15H15NO4. The lowest BCUT2D eigenvalue weighted by Crippen LogP contribution is -2.06. The Morgan fingerprint density at radius 1 is 1.20 bits per heavy atom. The van der Waals surface area contributed by atoms with E-state index in [4.69, 9.17) is 14.6 Å². The predicted octanol–water partition coefficient (Wildman–Crippen LogP) is 2.47. The van der Waals surface area contributed by atoms with E-state index >= 15 is 0 Å². The lowest BCUT2D eigenvalue weighted by molar-refractivity contribution is 0.0697. The van der Waals surface area contributed by atoms with Crippen LogP contribution in [0.2, 0.25) is 0 Å². The standard InChI is InChI=1S/C15H15NO4/c1-19-9-10-20-14-13(3-2-8-16-14)11-4-6-12(7-5-11)15(17)18/h2-8H,9-10H2,1H3,(H,17,18). The second-order valence-corrected chi connectivity index (χ2v) is 4.08. The van der Waals surface area contributed by atoms with Crippen molar-refractivity contribution in [2.45, 2.75) is 0 Å². The summed E-state index contributed by atoms with van der Waals surface area (Å²) < 4.78 is 10.5.